The lowest BCUT2D eigenvalue weighted by Gasteiger charge is -2.36. The minimum atomic E-state index is -0.496. The molecule has 1 saturated heterocycles. The molecule has 0 bridgehead atoms. The fourth-order valence-electron chi connectivity index (χ4n) is 2.77. The van der Waals surface area contributed by atoms with E-state index in [9.17, 15) is 9.59 Å². The second kappa shape index (κ2) is 8.20. The molecule has 1 heterocycles. The molecule has 7 nitrogen and oxygen atoms in total. The minimum Gasteiger partial charge on any atom is -0.497 e. The van der Waals surface area contributed by atoms with E-state index in [1.807, 2.05) is 13.8 Å². The summed E-state index contributed by atoms with van der Waals surface area (Å²) in [4.78, 5) is 28.6. The lowest BCUT2D eigenvalue weighted by molar-refractivity contribution is -0.135. The number of methoxy groups -OCH3 is 2. The molecule has 0 saturated carbocycles. The van der Waals surface area contributed by atoms with Crippen LogP contribution in [0.15, 0.2) is 18.2 Å². The van der Waals surface area contributed by atoms with E-state index in [1.54, 1.807) is 35.1 Å². The summed E-state index contributed by atoms with van der Waals surface area (Å²) >= 11 is 0. The van der Waals surface area contributed by atoms with Crippen molar-refractivity contribution in [3.8, 4) is 11.5 Å². The molecule has 1 aromatic carbocycles. The van der Waals surface area contributed by atoms with Crippen LogP contribution >= 0.6 is 0 Å². The molecular formula is C18H27N3O4. The first-order chi connectivity index (χ1) is 11.9. The standard InChI is InChI=1S/C18H27N3O4/c1-12(2)16(19)18(23)21-9-7-20(8-10-21)17(22)14-6-5-13(24-3)11-15(14)25-4/h5-6,11-12,16H,7-10,19H2,1-4H3/t16-/m0/s1. The number of nitrogens with two attached hydrogens (primary N) is 1. The van der Waals surface area contributed by atoms with Gasteiger partial charge in [-0.25, -0.2) is 0 Å². The summed E-state index contributed by atoms with van der Waals surface area (Å²) in [7, 11) is 3.09. The Bertz CT molecular complexity index is 625. The molecule has 25 heavy (non-hydrogen) atoms. The highest BCUT2D eigenvalue weighted by Crippen LogP contribution is 2.26. The van der Waals surface area contributed by atoms with Crippen molar-refractivity contribution in [2.45, 2.75) is 19.9 Å². The maximum atomic E-state index is 12.8. The largest absolute Gasteiger partial charge is 0.497 e. The number of carbonyl (C=O) groups excluding carboxylic acids is 2. The lowest BCUT2D eigenvalue weighted by Crippen LogP contribution is -2.55. The Morgan fingerprint density at radius 2 is 1.64 bits per heavy atom. The van der Waals surface area contributed by atoms with E-state index >= 15 is 0 Å². The Morgan fingerprint density at radius 1 is 1.04 bits per heavy atom. The van der Waals surface area contributed by atoms with Crippen LogP contribution in [0.3, 0.4) is 0 Å². The van der Waals surface area contributed by atoms with Crippen molar-refractivity contribution in [3.05, 3.63) is 23.8 Å². The number of hydrogen-bond acceptors (Lipinski definition) is 5. The number of rotatable bonds is 5. The lowest BCUT2D eigenvalue weighted by atomic mass is 10.0. The van der Waals surface area contributed by atoms with Crippen LogP contribution in [0, 0.1) is 5.92 Å². The van der Waals surface area contributed by atoms with Crippen LogP contribution in [0.2, 0.25) is 0 Å². The molecule has 7 heteroatoms. The zero-order valence-corrected chi connectivity index (χ0v) is 15.3. The molecule has 1 atom stereocenters. The summed E-state index contributed by atoms with van der Waals surface area (Å²) in [5, 5.41) is 0. The number of piperazine rings is 1. The molecule has 0 radical (unpaired) electrons. The number of nitrogens with zero attached hydrogens (tertiary/aromatic N) is 2. The Morgan fingerprint density at radius 3 is 2.16 bits per heavy atom. The highest BCUT2D eigenvalue weighted by Gasteiger charge is 2.29. The summed E-state index contributed by atoms with van der Waals surface area (Å²) in [6.45, 7) is 5.79. The maximum absolute atomic E-state index is 12.8. The molecule has 0 aliphatic carbocycles. The Balaban J connectivity index is 2.03. The molecule has 138 valence electrons. The predicted molar refractivity (Wildman–Crippen MR) is 94.8 cm³/mol. The summed E-state index contributed by atoms with van der Waals surface area (Å²) in [6.07, 6.45) is 0. The van der Waals surface area contributed by atoms with Gasteiger partial charge in [0.05, 0.1) is 25.8 Å². The van der Waals surface area contributed by atoms with Gasteiger partial charge in [-0.1, -0.05) is 13.8 Å². The van der Waals surface area contributed by atoms with Crippen LogP contribution in [0.4, 0.5) is 0 Å². The van der Waals surface area contributed by atoms with Crippen LogP contribution in [0.25, 0.3) is 0 Å². The van der Waals surface area contributed by atoms with Crippen LogP contribution in [-0.4, -0.2) is 68.1 Å². The van der Waals surface area contributed by atoms with Crippen LogP contribution in [0.5, 0.6) is 11.5 Å². The third-order valence-corrected chi connectivity index (χ3v) is 4.52. The molecule has 1 aliphatic heterocycles. The minimum absolute atomic E-state index is 0.0517. The van der Waals surface area contributed by atoms with Crippen LogP contribution in [0.1, 0.15) is 24.2 Å². The molecule has 1 aromatic rings. The molecule has 2 N–H and O–H groups in total. The third-order valence-electron chi connectivity index (χ3n) is 4.52. The number of hydrogen-bond donors (Lipinski definition) is 1. The quantitative estimate of drug-likeness (QED) is 0.856. The zero-order chi connectivity index (χ0) is 18.6. The van der Waals surface area contributed by atoms with Gasteiger partial charge >= 0.3 is 0 Å². The monoisotopic (exact) mass is 349 g/mol. The second-order valence-corrected chi connectivity index (χ2v) is 6.45. The molecule has 1 aliphatic rings. The van der Waals surface area contributed by atoms with Crippen LogP contribution in [-0.2, 0) is 4.79 Å². The second-order valence-electron chi connectivity index (χ2n) is 6.45. The molecule has 1 fully saturated rings. The van der Waals surface area contributed by atoms with Gasteiger partial charge in [0, 0.05) is 32.2 Å². The van der Waals surface area contributed by atoms with Gasteiger partial charge in [-0.2, -0.15) is 0 Å². The first kappa shape index (κ1) is 19.1. The Labute approximate surface area is 148 Å². The summed E-state index contributed by atoms with van der Waals surface area (Å²) in [6, 6.07) is 4.63. The van der Waals surface area contributed by atoms with Crippen molar-refractivity contribution in [2.24, 2.45) is 11.7 Å². The van der Waals surface area contributed by atoms with Gasteiger partial charge in [0.2, 0.25) is 5.91 Å². The molecular weight excluding hydrogens is 322 g/mol. The van der Waals surface area contributed by atoms with E-state index in [1.165, 1.54) is 7.11 Å². The third kappa shape index (κ3) is 4.22. The molecule has 2 amide bonds. The fourth-order valence-corrected chi connectivity index (χ4v) is 2.77. The maximum Gasteiger partial charge on any atom is 0.257 e. The van der Waals surface area contributed by atoms with Gasteiger partial charge in [-0.3, -0.25) is 9.59 Å². The average molecular weight is 349 g/mol. The summed E-state index contributed by atoms with van der Waals surface area (Å²) in [5.41, 5.74) is 6.43. The number of ether oxygens (including phenoxy) is 2. The Hall–Kier alpha value is -2.28. The summed E-state index contributed by atoms with van der Waals surface area (Å²) < 4.78 is 10.5. The van der Waals surface area contributed by atoms with E-state index < -0.39 is 6.04 Å². The normalized spacial score (nSPS) is 15.9. The molecule has 0 aromatic heterocycles. The highest BCUT2D eigenvalue weighted by atomic mass is 16.5. The number of benzene rings is 1. The van der Waals surface area contributed by atoms with Crippen molar-refractivity contribution < 1.29 is 19.1 Å². The van der Waals surface area contributed by atoms with Crippen molar-refractivity contribution in [1.82, 2.24) is 9.80 Å². The van der Waals surface area contributed by atoms with Gasteiger partial charge < -0.3 is 25.0 Å². The van der Waals surface area contributed by atoms with Crippen molar-refractivity contribution in [3.63, 3.8) is 0 Å². The highest BCUT2D eigenvalue weighted by molar-refractivity contribution is 5.97. The van der Waals surface area contributed by atoms with E-state index in [2.05, 4.69) is 0 Å². The summed E-state index contributed by atoms with van der Waals surface area (Å²) in [5.74, 6) is 1.04. The van der Waals surface area contributed by atoms with Gasteiger partial charge in [-0.15, -0.1) is 0 Å². The van der Waals surface area contributed by atoms with Crippen molar-refractivity contribution in [2.75, 3.05) is 40.4 Å². The predicted octanol–water partition coefficient (Wildman–Crippen LogP) is 0.972. The number of amides is 2. The van der Waals surface area contributed by atoms with E-state index in [-0.39, 0.29) is 17.7 Å². The first-order valence-electron chi connectivity index (χ1n) is 8.44. The van der Waals surface area contributed by atoms with E-state index in [0.29, 0.717) is 43.2 Å². The van der Waals surface area contributed by atoms with Crippen molar-refractivity contribution in [1.29, 1.82) is 0 Å². The smallest absolute Gasteiger partial charge is 0.257 e. The SMILES string of the molecule is COc1ccc(C(=O)N2CCN(C(=O)[C@@H](N)C(C)C)CC2)c(OC)c1. The van der Waals surface area contributed by atoms with Crippen LogP contribution < -0.4 is 15.2 Å². The van der Waals surface area contributed by atoms with Gasteiger partial charge in [0.1, 0.15) is 11.5 Å². The Kier molecular flexibility index (Phi) is 6.25. The zero-order valence-electron chi connectivity index (χ0n) is 15.3. The first-order valence-corrected chi connectivity index (χ1v) is 8.44. The topological polar surface area (TPSA) is 85.1 Å². The average Bonchev–Trinajstić information content (AvgIpc) is 2.65. The van der Waals surface area contributed by atoms with E-state index in [0.717, 1.165) is 0 Å². The van der Waals surface area contributed by atoms with Gasteiger partial charge in [0.15, 0.2) is 0 Å². The van der Waals surface area contributed by atoms with Crippen molar-refractivity contribution >= 4 is 11.8 Å². The number of carbonyl (C=O) groups is 2. The van der Waals surface area contributed by atoms with Gasteiger partial charge in [0.25, 0.3) is 5.91 Å². The van der Waals surface area contributed by atoms with Gasteiger partial charge in [-0.05, 0) is 18.1 Å². The fraction of sp³-hybridized carbons (Fsp3) is 0.556. The molecule has 2 rings (SSSR count). The van der Waals surface area contributed by atoms with E-state index in [4.69, 9.17) is 15.2 Å². The molecule has 0 unspecified atom stereocenters. The molecule has 0 spiro atoms.